The van der Waals surface area contributed by atoms with Gasteiger partial charge in [0.25, 0.3) is 0 Å². The van der Waals surface area contributed by atoms with Gasteiger partial charge in [-0.15, -0.1) is 0 Å². The third-order valence-corrected chi connectivity index (χ3v) is 2.14. The normalized spacial score (nSPS) is 22.1. The van der Waals surface area contributed by atoms with Crippen LogP contribution >= 0.6 is 0 Å². The van der Waals surface area contributed by atoms with Crippen LogP contribution < -0.4 is 5.73 Å². The molecule has 0 aliphatic heterocycles. The van der Waals surface area contributed by atoms with Crippen molar-refractivity contribution in [3.05, 3.63) is 59.9 Å². The van der Waals surface area contributed by atoms with E-state index in [2.05, 4.69) is 25.3 Å². The summed E-state index contributed by atoms with van der Waals surface area (Å²) in [7, 11) is 0. The molecule has 0 aromatic heterocycles. The molecule has 0 heterocycles. The molecule has 0 spiro atoms. The lowest BCUT2D eigenvalue weighted by atomic mass is 10.1. The minimum absolute atomic E-state index is 0.659. The van der Waals surface area contributed by atoms with E-state index in [-0.39, 0.29) is 0 Å². The summed E-state index contributed by atoms with van der Waals surface area (Å²) in [5.74, 6) is 0. The first-order valence-electron chi connectivity index (χ1n) is 4.32. The maximum atomic E-state index is 5.63. The molecular weight excluding hydrogens is 158 g/mol. The van der Waals surface area contributed by atoms with E-state index < -0.39 is 0 Å². The second-order valence-electron chi connectivity index (χ2n) is 3.04. The third kappa shape index (κ3) is 2.00. The molecule has 0 unspecified atom stereocenters. The first kappa shape index (κ1) is 9.59. The van der Waals surface area contributed by atoms with E-state index in [1.807, 2.05) is 13.0 Å². The van der Waals surface area contributed by atoms with Crippen molar-refractivity contribution < 1.29 is 0 Å². The van der Waals surface area contributed by atoms with Crippen molar-refractivity contribution in [2.45, 2.75) is 13.3 Å². The van der Waals surface area contributed by atoms with Crippen molar-refractivity contribution in [1.29, 1.82) is 0 Å². The largest absolute Gasteiger partial charge is 0.399 e. The molecule has 0 radical (unpaired) electrons. The smallest absolute Gasteiger partial charge is 0.0277 e. The molecule has 0 bridgehead atoms. The molecule has 0 saturated carbocycles. The highest BCUT2D eigenvalue weighted by Gasteiger charge is 2.14. The predicted molar refractivity (Wildman–Crippen MR) is 58.1 cm³/mol. The van der Waals surface area contributed by atoms with Crippen LogP contribution in [0.15, 0.2) is 59.9 Å². The molecule has 68 valence electrons. The first-order valence-corrected chi connectivity index (χ1v) is 4.32. The van der Waals surface area contributed by atoms with E-state index >= 15 is 0 Å². The molecular formula is C12H15N. The average molecular weight is 173 g/mol. The van der Waals surface area contributed by atoms with Gasteiger partial charge in [-0.3, -0.25) is 0 Å². The number of hydrogen-bond donors (Lipinski definition) is 1. The van der Waals surface area contributed by atoms with Gasteiger partial charge in [0.15, 0.2) is 0 Å². The molecule has 1 rings (SSSR count). The van der Waals surface area contributed by atoms with E-state index in [0.717, 1.165) is 12.0 Å². The Bertz CT molecular complexity index is 327. The number of hydrogen-bond acceptors (Lipinski definition) is 1. The van der Waals surface area contributed by atoms with Crippen LogP contribution in [0.4, 0.5) is 0 Å². The van der Waals surface area contributed by atoms with E-state index in [0.29, 0.717) is 5.70 Å². The summed E-state index contributed by atoms with van der Waals surface area (Å²) >= 11 is 0. The topological polar surface area (TPSA) is 26.0 Å². The Balaban J connectivity index is 3.01. The molecule has 13 heavy (non-hydrogen) atoms. The maximum Gasteiger partial charge on any atom is 0.0277 e. The van der Waals surface area contributed by atoms with Crippen LogP contribution in [0.5, 0.6) is 0 Å². The minimum Gasteiger partial charge on any atom is -0.399 e. The van der Waals surface area contributed by atoms with Crippen LogP contribution in [0.1, 0.15) is 13.3 Å². The SMILES string of the molecule is C=C/C=C1/C=C(C(=C)N)C/C1=C/C. The summed E-state index contributed by atoms with van der Waals surface area (Å²) in [4.78, 5) is 0. The van der Waals surface area contributed by atoms with Crippen molar-refractivity contribution in [3.63, 3.8) is 0 Å². The van der Waals surface area contributed by atoms with Crippen molar-refractivity contribution in [2.24, 2.45) is 5.73 Å². The molecule has 2 N–H and O–H groups in total. The molecule has 1 aliphatic rings. The summed E-state index contributed by atoms with van der Waals surface area (Å²) in [5.41, 5.74) is 9.89. The first-order chi connectivity index (χ1) is 6.19. The van der Waals surface area contributed by atoms with Gasteiger partial charge >= 0.3 is 0 Å². The fraction of sp³-hybridized carbons (Fsp3) is 0.167. The number of rotatable bonds is 2. The Labute approximate surface area is 79.6 Å². The standard InChI is InChI=1S/C12H15N/c1-4-6-11-8-12(9(3)13)7-10(11)5-2/h4-6,8H,1,3,7,13H2,2H3/b10-5-,11-6-. The van der Waals surface area contributed by atoms with E-state index in [1.54, 1.807) is 6.08 Å². The van der Waals surface area contributed by atoms with Gasteiger partial charge in [-0.05, 0) is 36.1 Å². The zero-order chi connectivity index (χ0) is 9.84. The van der Waals surface area contributed by atoms with Crippen LogP contribution in [0.2, 0.25) is 0 Å². The molecule has 0 saturated heterocycles. The number of allylic oxidation sites excluding steroid dienone is 7. The van der Waals surface area contributed by atoms with E-state index in [4.69, 9.17) is 5.73 Å². The van der Waals surface area contributed by atoms with Gasteiger partial charge in [0.2, 0.25) is 0 Å². The summed E-state index contributed by atoms with van der Waals surface area (Å²) in [6.07, 6.45) is 8.84. The lowest BCUT2D eigenvalue weighted by molar-refractivity contribution is 1.18. The highest BCUT2D eigenvalue weighted by Crippen LogP contribution is 2.31. The van der Waals surface area contributed by atoms with Crippen molar-refractivity contribution in [2.75, 3.05) is 0 Å². The van der Waals surface area contributed by atoms with Crippen LogP contribution in [-0.2, 0) is 0 Å². The van der Waals surface area contributed by atoms with E-state index in [1.165, 1.54) is 11.1 Å². The molecule has 1 heteroatoms. The molecule has 0 fully saturated rings. The Kier molecular flexibility index (Phi) is 2.91. The Morgan fingerprint density at radius 2 is 2.31 bits per heavy atom. The summed E-state index contributed by atoms with van der Waals surface area (Å²) in [6.45, 7) is 9.44. The molecule has 0 atom stereocenters. The monoisotopic (exact) mass is 173 g/mol. The number of nitrogens with two attached hydrogens (primary N) is 1. The van der Waals surface area contributed by atoms with Gasteiger partial charge in [0.05, 0.1) is 0 Å². The highest BCUT2D eigenvalue weighted by molar-refractivity contribution is 5.55. The van der Waals surface area contributed by atoms with Crippen molar-refractivity contribution >= 4 is 0 Å². The Hall–Kier alpha value is -1.50. The van der Waals surface area contributed by atoms with Crippen molar-refractivity contribution in [3.8, 4) is 0 Å². The van der Waals surface area contributed by atoms with Crippen LogP contribution in [-0.4, -0.2) is 0 Å². The van der Waals surface area contributed by atoms with Crippen molar-refractivity contribution in [1.82, 2.24) is 0 Å². The Morgan fingerprint density at radius 3 is 2.77 bits per heavy atom. The fourth-order valence-corrected chi connectivity index (χ4v) is 1.40. The van der Waals surface area contributed by atoms with Gasteiger partial charge in [-0.1, -0.05) is 31.4 Å². The predicted octanol–water partition coefficient (Wildman–Crippen LogP) is 2.85. The van der Waals surface area contributed by atoms with Gasteiger partial charge < -0.3 is 5.73 Å². The van der Waals surface area contributed by atoms with Gasteiger partial charge in [-0.2, -0.15) is 0 Å². The molecule has 1 aliphatic carbocycles. The van der Waals surface area contributed by atoms with Crippen LogP contribution in [0.25, 0.3) is 0 Å². The lowest BCUT2D eigenvalue weighted by Crippen LogP contribution is -1.96. The third-order valence-electron chi connectivity index (χ3n) is 2.14. The molecule has 0 aromatic rings. The minimum atomic E-state index is 0.659. The van der Waals surface area contributed by atoms with Crippen LogP contribution in [0.3, 0.4) is 0 Å². The highest BCUT2D eigenvalue weighted by atomic mass is 14.6. The zero-order valence-corrected chi connectivity index (χ0v) is 8.01. The molecule has 1 nitrogen and oxygen atoms in total. The second kappa shape index (κ2) is 3.94. The summed E-state index contributed by atoms with van der Waals surface area (Å²) in [6, 6.07) is 0. The zero-order valence-electron chi connectivity index (χ0n) is 8.01. The summed E-state index contributed by atoms with van der Waals surface area (Å²) in [5, 5.41) is 0. The lowest BCUT2D eigenvalue weighted by Gasteiger charge is -1.98. The molecule has 0 aromatic carbocycles. The van der Waals surface area contributed by atoms with Gasteiger partial charge in [0.1, 0.15) is 0 Å². The van der Waals surface area contributed by atoms with E-state index in [9.17, 15) is 0 Å². The second-order valence-corrected chi connectivity index (χ2v) is 3.04. The average Bonchev–Trinajstić information content (AvgIpc) is 2.48. The quantitative estimate of drug-likeness (QED) is 0.682. The maximum absolute atomic E-state index is 5.63. The molecule has 0 amide bonds. The van der Waals surface area contributed by atoms with Gasteiger partial charge in [-0.25, -0.2) is 0 Å². The Morgan fingerprint density at radius 1 is 1.62 bits per heavy atom. The van der Waals surface area contributed by atoms with Crippen LogP contribution in [0, 0.1) is 0 Å². The summed E-state index contributed by atoms with van der Waals surface area (Å²) < 4.78 is 0. The fourth-order valence-electron chi connectivity index (χ4n) is 1.40. The van der Waals surface area contributed by atoms with Gasteiger partial charge in [0, 0.05) is 5.70 Å².